The maximum absolute atomic E-state index is 8.25. The highest BCUT2D eigenvalue weighted by Crippen LogP contribution is 1.76. The molecular formula is C7H10ClN3O. The number of nitrogens with zero attached hydrogens (tertiary/aromatic N) is 2. The summed E-state index contributed by atoms with van der Waals surface area (Å²) in [5.74, 6) is 0.196. The van der Waals surface area contributed by atoms with Gasteiger partial charge in [-0.15, -0.1) is 0 Å². The van der Waals surface area contributed by atoms with Gasteiger partial charge in [0.15, 0.2) is 12.4 Å². The fourth-order valence-corrected chi connectivity index (χ4v) is 0.758. The third kappa shape index (κ3) is 3.21. The minimum Gasteiger partial charge on any atom is -1.00 e. The van der Waals surface area contributed by atoms with Crippen molar-refractivity contribution < 1.29 is 22.2 Å². The monoisotopic (exact) mass is 187 g/mol. The van der Waals surface area contributed by atoms with Gasteiger partial charge in [0, 0.05) is 12.1 Å². The number of hydrogen-bond acceptors (Lipinski definition) is 2. The van der Waals surface area contributed by atoms with Crippen molar-refractivity contribution in [2.45, 2.75) is 6.54 Å². The van der Waals surface area contributed by atoms with Crippen LogP contribution in [0.2, 0.25) is 0 Å². The van der Waals surface area contributed by atoms with E-state index in [1.54, 1.807) is 0 Å². The molecule has 0 radical (unpaired) electrons. The Bertz CT molecular complexity index is 250. The first-order valence-corrected chi connectivity index (χ1v) is 3.23. The highest BCUT2D eigenvalue weighted by molar-refractivity contribution is 5.78. The molecule has 0 spiro atoms. The molecule has 0 fully saturated rings. The van der Waals surface area contributed by atoms with E-state index in [0.717, 1.165) is 0 Å². The molecule has 0 aromatic carbocycles. The lowest BCUT2D eigenvalue weighted by Gasteiger charge is -1.92. The summed E-state index contributed by atoms with van der Waals surface area (Å²) in [7, 11) is 0. The molecule has 1 aromatic rings. The molecule has 0 saturated carbocycles. The normalized spacial score (nSPS) is 10.5. The minimum atomic E-state index is 0. The zero-order chi connectivity index (χ0) is 8.10. The number of pyridine rings is 1. The predicted molar refractivity (Wildman–Crippen MR) is 40.0 cm³/mol. The summed E-state index contributed by atoms with van der Waals surface area (Å²) < 4.78 is 1.81. The molecule has 0 atom stereocenters. The number of aromatic nitrogens is 1. The third-order valence-electron chi connectivity index (χ3n) is 1.25. The second-order valence-electron chi connectivity index (χ2n) is 2.14. The molecule has 0 saturated heterocycles. The van der Waals surface area contributed by atoms with Crippen molar-refractivity contribution in [3.05, 3.63) is 30.6 Å². The second kappa shape index (κ2) is 5.37. The van der Waals surface area contributed by atoms with Gasteiger partial charge >= 0.3 is 0 Å². The van der Waals surface area contributed by atoms with Crippen LogP contribution in [-0.2, 0) is 6.54 Å². The average molecular weight is 188 g/mol. The topological polar surface area (TPSA) is 62.5 Å². The van der Waals surface area contributed by atoms with Gasteiger partial charge in [-0.1, -0.05) is 11.2 Å². The molecule has 3 N–H and O–H groups in total. The van der Waals surface area contributed by atoms with E-state index in [1.807, 2.05) is 35.2 Å². The summed E-state index contributed by atoms with van der Waals surface area (Å²) in [6, 6.07) is 5.66. The van der Waals surface area contributed by atoms with Crippen LogP contribution in [0.4, 0.5) is 0 Å². The van der Waals surface area contributed by atoms with E-state index < -0.39 is 0 Å². The first-order valence-electron chi connectivity index (χ1n) is 3.23. The molecule has 12 heavy (non-hydrogen) atoms. The Morgan fingerprint density at radius 1 is 1.33 bits per heavy atom. The summed E-state index contributed by atoms with van der Waals surface area (Å²) in [5.41, 5.74) is 5.28. The molecule has 1 aromatic heterocycles. The van der Waals surface area contributed by atoms with Crippen LogP contribution in [0.1, 0.15) is 0 Å². The van der Waals surface area contributed by atoms with Gasteiger partial charge in [0.1, 0.15) is 0 Å². The van der Waals surface area contributed by atoms with Crippen LogP contribution in [0.3, 0.4) is 0 Å². The van der Waals surface area contributed by atoms with Crippen molar-refractivity contribution in [2.24, 2.45) is 10.9 Å². The Morgan fingerprint density at radius 3 is 2.42 bits per heavy atom. The van der Waals surface area contributed by atoms with Crippen LogP contribution in [-0.4, -0.2) is 11.0 Å². The van der Waals surface area contributed by atoms with E-state index in [2.05, 4.69) is 5.16 Å². The lowest BCUT2D eigenvalue weighted by atomic mass is 10.4. The third-order valence-corrected chi connectivity index (χ3v) is 1.25. The Morgan fingerprint density at radius 2 is 1.92 bits per heavy atom. The fraction of sp³-hybridized carbons (Fsp3) is 0.143. The van der Waals surface area contributed by atoms with E-state index >= 15 is 0 Å². The summed E-state index contributed by atoms with van der Waals surface area (Å²) in [5, 5.41) is 11.1. The van der Waals surface area contributed by atoms with Crippen molar-refractivity contribution in [2.75, 3.05) is 0 Å². The molecule has 1 heterocycles. The van der Waals surface area contributed by atoms with Crippen molar-refractivity contribution in [3.8, 4) is 0 Å². The van der Waals surface area contributed by atoms with E-state index in [0.29, 0.717) is 6.54 Å². The molecule has 66 valence electrons. The molecule has 0 bridgehead atoms. The van der Waals surface area contributed by atoms with Crippen LogP contribution in [0.15, 0.2) is 35.7 Å². The first kappa shape index (κ1) is 10.7. The number of oxime groups is 1. The van der Waals surface area contributed by atoms with Crippen molar-refractivity contribution in [1.29, 1.82) is 0 Å². The van der Waals surface area contributed by atoms with Crippen LogP contribution in [0, 0.1) is 0 Å². The van der Waals surface area contributed by atoms with E-state index in [9.17, 15) is 0 Å². The summed E-state index contributed by atoms with van der Waals surface area (Å²) in [6.07, 6.45) is 3.69. The zero-order valence-electron chi connectivity index (χ0n) is 6.39. The Labute approximate surface area is 76.7 Å². The lowest BCUT2D eigenvalue weighted by Crippen LogP contribution is -3.00. The zero-order valence-corrected chi connectivity index (χ0v) is 7.15. The van der Waals surface area contributed by atoms with Gasteiger partial charge in [-0.25, -0.2) is 0 Å². The molecule has 5 heteroatoms. The lowest BCUT2D eigenvalue weighted by molar-refractivity contribution is -0.682. The van der Waals surface area contributed by atoms with E-state index in [4.69, 9.17) is 10.9 Å². The number of nitrogens with two attached hydrogens (primary N) is 1. The molecule has 0 amide bonds. The quantitative estimate of drug-likeness (QED) is 0.168. The standard InChI is InChI=1S/C7H9N3O.ClH/c8-7(9-11)6-10-4-2-1-3-5-10;/h1-5H,6H2,(H2-,8,9,11);1H. The smallest absolute Gasteiger partial charge is 0.208 e. The van der Waals surface area contributed by atoms with Gasteiger partial charge in [0.25, 0.3) is 0 Å². The second-order valence-corrected chi connectivity index (χ2v) is 2.14. The van der Waals surface area contributed by atoms with Crippen molar-refractivity contribution >= 4 is 5.84 Å². The predicted octanol–water partition coefficient (Wildman–Crippen LogP) is -3.28. The van der Waals surface area contributed by atoms with Gasteiger partial charge in [-0.2, -0.15) is 4.57 Å². The SMILES string of the molecule is NC(C[n+]1ccccc1)=NO.[Cl-]. The molecule has 0 unspecified atom stereocenters. The van der Waals surface area contributed by atoms with E-state index in [1.165, 1.54) is 0 Å². The first-order chi connectivity index (χ1) is 5.33. The van der Waals surface area contributed by atoms with Crippen molar-refractivity contribution in [3.63, 3.8) is 0 Å². The van der Waals surface area contributed by atoms with Crippen LogP contribution in [0.5, 0.6) is 0 Å². The van der Waals surface area contributed by atoms with Gasteiger partial charge in [0.2, 0.25) is 12.4 Å². The molecule has 0 aliphatic rings. The summed E-state index contributed by atoms with van der Waals surface area (Å²) in [4.78, 5) is 0. The molecular weight excluding hydrogens is 178 g/mol. The Balaban J connectivity index is 0.00000121. The maximum Gasteiger partial charge on any atom is 0.208 e. The number of halogens is 1. The van der Waals surface area contributed by atoms with Crippen molar-refractivity contribution in [1.82, 2.24) is 0 Å². The largest absolute Gasteiger partial charge is 1.00 e. The van der Waals surface area contributed by atoms with Gasteiger partial charge in [-0.05, 0) is 0 Å². The van der Waals surface area contributed by atoms with E-state index in [-0.39, 0.29) is 18.2 Å². The summed E-state index contributed by atoms with van der Waals surface area (Å²) in [6.45, 7) is 0.414. The molecule has 1 rings (SSSR count). The van der Waals surface area contributed by atoms with Gasteiger partial charge < -0.3 is 23.3 Å². The minimum absolute atomic E-state index is 0. The van der Waals surface area contributed by atoms with Crippen LogP contribution in [0.25, 0.3) is 0 Å². The Hall–Kier alpha value is -1.29. The average Bonchev–Trinajstić information content (AvgIpc) is 2.06. The molecule has 4 nitrogen and oxygen atoms in total. The summed E-state index contributed by atoms with van der Waals surface area (Å²) >= 11 is 0. The highest BCUT2D eigenvalue weighted by Gasteiger charge is 2.00. The van der Waals surface area contributed by atoms with Gasteiger partial charge in [0.05, 0.1) is 0 Å². The number of hydrogen-bond donors (Lipinski definition) is 2. The molecule has 0 aliphatic heterocycles. The maximum atomic E-state index is 8.25. The fourth-order valence-electron chi connectivity index (χ4n) is 0.758. The van der Waals surface area contributed by atoms with Gasteiger partial charge in [-0.3, -0.25) is 0 Å². The Kier molecular flexibility index (Phi) is 4.79. The number of rotatable bonds is 2. The molecule has 0 aliphatic carbocycles. The highest BCUT2D eigenvalue weighted by atomic mass is 35.5. The van der Waals surface area contributed by atoms with Crippen LogP contribution >= 0.6 is 0 Å². The van der Waals surface area contributed by atoms with Crippen LogP contribution < -0.4 is 22.7 Å². The number of amidine groups is 1.